The van der Waals surface area contributed by atoms with Crippen molar-refractivity contribution < 1.29 is 9.47 Å². The second-order valence-corrected chi connectivity index (χ2v) is 9.56. The number of unbranched alkanes of at least 4 members (excludes halogenated alkanes) is 1. The molecule has 3 aromatic carbocycles. The summed E-state index contributed by atoms with van der Waals surface area (Å²) < 4.78 is 14.0. The highest BCUT2D eigenvalue weighted by atomic mass is 79.9. The van der Waals surface area contributed by atoms with E-state index in [-0.39, 0.29) is 5.56 Å². The van der Waals surface area contributed by atoms with Crippen LogP contribution in [0, 0.1) is 0 Å². The third-order valence-corrected chi connectivity index (χ3v) is 6.27. The molecule has 36 heavy (non-hydrogen) atoms. The molecule has 186 valence electrons. The molecule has 0 fully saturated rings. The summed E-state index contributed by atoms with van der Waals surface area (Å²) in [5.74, 6) is 1.87. The first kappa shape index (κ1) is 25.9. The van der Waals surface area contributed by atoms with Crippen LogP contribution in [0.1, 0.15) is 43.6 Å². The molecule has 0 bridgehead atoms. The van der Waals surface area contributed by atoms with E-state index in [1.165, 1.54) is 4.68 Å². The summed E-state index contributed by atoms with van der Waals surface area (Å²) in [7, 11) is 0. The Morgan fingerprint density at radius 3 is 2.58 bits per heavy atom. The van der Waals surface area contributed by atoms with Crippen LogP contribution in [0.3, 0.4) is 0 Å². The van der Waals surface area contributed by atoms with Crippen LogP contribution < -0.4 is 15.0 Å². The summed E-state index contributed by atoms with van der Waals surface area (Å²) in [6.45, 7) is 4.90. The zero-order valence-corrected chi connectivity index (χ0v) is 22.6. The summed E-state index contributed by atoms with van der Waals surface area (Å²) in [4.78, 5) is 18.0. The van der Waals surface area contributed by atoms with Crippen molar-refractivity contribution in [3.8, 4) is 11.5 Å². The van der Waals surface area contributed by atoms with E-state index in [1.54, 1.807) is 12.3 Å². The fourth-order valence-electron chi connectivity index (χ4n) is 3.67. The van der Waals surface area contributed by atoms with E-state index in [9.17, 15) is 4.79 Å². The smallest absolute Gasteiger partial charge is 0.282 e. The molecule has 0 amide bonds. The molecule has 0 unspecified atom stereocenters. The van der Waals surface area contributed by atoms with Crippen molar-refractivity contribution in [2.24, 2.45) is 5.10 Å². The molecule has 4 aromatic rings. The lowest BCUT2D eigenvalue weighted by molar-refractivity contribution is 0.269. The van der Waals surface area contributed by atoms with Crippen LogP contribution in [-0.2, 0) is 13.0 Å². The molecule has 0 N–H and O–H groups in total. The van der Waals surface area contributed by atoms with Gasteiger partial charge in [-0.05, 0) is 73.0 Å². The second kappa shape index (κ2) is 12.2. The maximum Gasteiger partial charge on any atom is 0.282 e. The molecule has 0 spiro atoms. The molecule has 0 radical (unpaired) electrons. The minimum atomic E-state index is -0.198. The van der Waals surface area contributed by atoms with Gasteiger partial charge in [0.1, 0.15) is 12.4 Å². The normalized spacial score (nSPS) is 11.3. The van der Waals surface area contributed by atoms with Gasteiger partial charge in [0.25, 0.3) is 5.56 Å². The number of rotatable bonds is 10. The fourth-order valence-corrected chi connectivity index (χ4v) is 4.16. The van der Waals surface area contributed by atoms with Gasteiger partial charge in [-0.1, -0.05) is 53.0 Å². The maximum atomic E-state index is 13.3. The molecule has 0 aliphatic rings. The third kappa shape index (κ3) is 6.33. The van der Waals surface area contributed by atoms with Gasteiger partial charge in [-0.25, -0.2) is 4.98 Å². The van der Waals surface area contributed by atoms with Crippen LogP contribution in [0.4, 0.5) is 0 Å². The van der Waals surface area contributed by atoms with Crippen molar-refractivity contribution in [3.63, 3.8) is 0 Å². The van der Waals surface area contributed by atoms with E-state index < -0.39 is 0 Å². The molecular formula is C28H27BrClN3O3. The zero-order chi connectivity index (χ0) is 25.5. The highest BCUT2D eigenvalue weighted by Crippen LogP contribution is 2.29. The van der Waals surface area contributed by atoms with Gasteiger partial charge < -0.3 is 9.47 Å². The predicted molar refractivity (Wildman–Crippen MR) is 149 cm³/mol. The van der Waals surface area contributed by atoms with E-state index >= 15 is 0 Å². The molecule has 1 heterocycles. The van der Waals surface area contributed by atoms with Gasteiger partial charge in [-0.3, -0.25) is 4.79 Å². The average molecular weight is 569 g/mol. The Morgan fingerprint density at radius 2 is 1.83 bits per heavy atom. The Hall–Kier alpha value is -3.16. The van der Waals surface area contributed by atoms with Crippen LogP contribution in [0.25, 0.3) is 10.9 Å². The van der Waals surface area contributed by atoms with Gasteiger partial charge in [0.05, 0.1) is 23.7 Å². The summed E-state index contributed by atoms with van der Waals surface area (Å²) in [5, 5.41) is 5.73. The van der Waals surface area contributed by atoms with Crippen LogP contribution in [-0.4, -0.2) is 22.5 Å². The standard InChI is InChI=1S/C28H27BrClN3O3/c1-3-5-6-27-32-24-13-10-21(29)16-23(24)28(34)33(27)31-17-20-9-14-25(26(15-20)35-4-2)36-18-19-7-11-22(30)12-8-19/h7-17H,3-6,18H2,1-2H3. The second-order valence-electron chi connectivity index (χ2n) is 8.21. The third-order valence-electron chi connectivity index (χ3n) is 5.53. The van der Waals surface area contributed by atoms with Gasteiger partial charge in [-0.15, -0.1) is 0 Å². The number of hydrogen-bond donors (Lipinski definition) is 0. The molecule has 0 saturated heterocycles. The van der Waals surface area contributed by atoms with Gasteiger partial charge in [0, 0.05) is 15.9 Å². The Bertz CT molecular complexity index is 1430. The van der Waals surface area contributed by atoms with Crippen molar-refractivity contribution in [1.29, 1.82) is 0 Å². The minimum Gasteiger partial charge on any atom is -0.490 e. The first-order chi connectivity index (χ1) is 17.5. The predicted octanol–water partition coefficient (Wildman–Crippen LogP) is 7.01. The van der Waals surface area contributed by atoms with Crippen LogP contribution in [0.15, 0.2) is 75.0 Å². The Labute approximate surface area is 223 Å². The van der Waals surface area contributed by atoms with Gasteiger partial charge in [0.15, 0.2) is 11.5 Å². The van der Waals surface area contributed by atoms with Gasteiger partial charge in [-0.2, -0.15) is 9.78 Å². The Balaban J connectivity index is 1.63. The fraction of sp³-hybridized carbons (Fsp3) is 0.250. The van der Waals surface area contributed by atoms with Crippen molar-refractivity contribution in [2.75, 3.05) is 6.61 Å². The molecule has 0 aliphatic carbocycles. The first-order valence-electron chi connectivity index (χ1n) is 11.9. The van der Waals surface area contributed by atoms with Crippen molar-refractivity contribution in [2.45, 2.75) is 39.7 Å². The number of nitrogens with zero attached hydrogens (tertiary/aromatic N) is 3. The lowest BCUT2D eigenvalue weighted by Crippen LogP contribution is -2.22. The number of ether oxygens (including phenoxy) is 2. The van der Waals surface area contributed by atoms with E-state index in [1.807, 2.05) is 61.5 Å². The zero-order valence-electron chi connectivity index (χ0n) is 20.2. The van der Waals surface area contributed by atoms with Crippen molar-refractivity contribution >= 4 is 44.6 Å². The molecule has 0 saturated carbocycles. The van der Waals surface area contributed by atoms with E-state index in [2.05, 4.69) is 28.0 Å². The average Bonchev–Trinajstić information content (AvgIpc) is 2.88. The van der Waals surface area contributed by atoms with E-state index in [4.69, 9.17) is 26.1 Å². The largest absolute Gasteiger partial charge is 0.490 e. The van der Waals surface area contributed by atoms with Crippen LogP contribution in [0.5, 0.6) is 11.5 Å². The molecular weight excluding hydrogens is 542 g/mol. The van der Waals surface area contributed by atoms with E-state index in [0.29, 0.717) is 52.9 Å². The lowest BCUT2D eigenvalue weighted by atomic mass is 10.2. The molecule has 0 aliphatic heterocycles. The van der Waals surface area contributed by atoms with Crippen molar-refractivity contribution in [1.82, 2.24) is 9.66 Å². The van der Waals surface area contributed by atoms with Gasteiger partial charge >= 0.3 is 0 Å². The lowest BCUT2D eigenvalue weighted by Gasteiger charge is -2.13. The number of aryl methyl sites for hydroxylation is 1. The number of benzene rings is 3. The molecule has 0 atom stereocenters. The Morgan fingerprint density at radius 1 is 1.03 bits per heavy atom. The monoisotopic (exact) mass is 567 g/mol. The number of halogens is 2. The summed E-state index contributed by atoms with van der Waals surface area (Å²) in [5.41, 5.74) is 2.25. The summed E-state index contributed by atoms with van der Waals surface area (Å²) >= 11 is 9.41. The molecule has 1 aromatic heterocycles. The van der Waals surface area contributed by atoms with Crippen LogP contribution in [0.2, 0.25) is 5.02 Å². The SMILES string of the molecule is CCCCc1nc2ccc(Br)cc2c(=O)n1N=Cc1ccc(OCc2ccc(Cl)cc2)c(OCC)c1. The minimum absolute atomic E-state index is 0.198. The highest BCUT2D eigenvalue weighted by Gasteiger charge is 2.12. The Kier molecular flexibility index (Phi) is 8.78. The summed E-state index contributed by atoms with van der Waals surface area (Å²) in [6, 6.07) is 18.6. The quantitative estimate of drug-likeness (QED) is 0.193. The van der Waals surface area contributed by atoms with Crippen LogP contribution >= 0.6 is 27.5 Å². The number of hydrogen-bond acceptors (Lipinski definition) is 5. The van der Waals surface area contributed by atoms with Crippen molar-refractivity contribution in [3.05, 3.63) is 97.5 Å². The first-order valence-corrected chi connectivity index (χ1v) is 13.0. The number of fused-ring (bicyclic) bond motifs is 1. The maximum absolute atomic E-state index is 13.3. The topological polar surface area (TPSA) is 65.7 Å². The summed E-state index contributed by atoms with van der Waals surface area (Å²) in [6.07, 6.45) is 4.22. The molecule has 6 nitrogen and oxygen atoms in total. The molecule has 8 heteroatoms. The highest BCUT2D eigenvalue weighted by molar-refractivity contribution is 9.10. The molecule has 4 rings (SSSR count). The van der Waals surface area contributed by atoms with E-state index in [0.717, 1.165) is 28.4 Å². The van der Waals surface area contributed by atoms with Gasteiger partial charge in [0.2, 0.25) is 0 Å². The number of aromatic nitrogens is 2.